The van der Waals surface area contributed by atoms with Crippen LogP contribution in [0.2, 0.25) is 0 Å². The van der Waals surface area contributed by atoms with Gasteiger partial charge in [0.25, 0.3) is 0 Å². The van der Waals surface area contributed by atoms with E-state index in [0.29, 0.717) is 35.2 Å². The average molecular weight is 462 g/mol. The Bertz CT molecular complexity index is 1050. The fraction of sp³-hybridized carbons (Fsp3) is 0.389. The van der Waals surface area contributed by atoms with E-state index in [0.717, 1.165) is 0 Å². The molecule has 3 aliphatic rings. The summed E-state index contributed by atoms with van der Waals surface area (Å²) in [6, 6.07) is 7.03. The number of fused-ring (bicyclic) bond motifs is 2. The van der Waals surface area contributed by atoms with Gasteiger partial charge in [0.05, 0.1) is 0 Å². The van der Waals surface area contributed by atoms with Crippen LogP contribution in [-0.2, 0) is 18.5 Å². The maximum absolute atomic E-state index is 13.1. The first-order chi connectivity index (χ1) is 15.4. The van der Waals surface area contributed by atoms with Crippen LogP contribution < -0.4 is 21.3 Å². The third-order valence-electron chi connectivity index (χ3n) is 5.68. The Balaban J connectivity index is 1.48. The summed E-state index contributed by atoms with van der Waals surface area (Å²) in [7, 11) is -0.132. The van der Waals surface area contributed by atoms with Gasteiger partial charge < -0.3 is 0 Å². The van der Waals surface area contributed by atoms with Crippen LogP contribution in [0.4, 0.5) is 23.0 Å². The van der Waals surface area contributed by atoms with Crippen LogP contribution in [0.5, 0.6) is 0 Å². The van der Waals surface area contributed by atoms with E-state index in [2.05, 4.69) is 20.6 Å². The van der Waals surface area contributed by atoms with Gasteiger partial charge in [-0.2, -0.15) is 0 Å². The molecule has 4 heterocycles. The summed E-state index contributed by atoms with van der Waals surface area (Å²) >= 11 is 0. The van der Waals surface area contributed by atoms with Crippen LogP contribution in [0.1, 0.15) is 10.4 Å². The van der Waals surface area contributed by atoms with E-state index in [4.69, 9.17) is 24.3 Å². The summed E-state index contributed by atoms with van der Waals surface area (Å²) in [5.74, 6) is 0.294. The number of hydrogen-bond donors (Lipinski definition) is 4. The number of nitrogens with zero attached hydrogens (tertiary/aromatic N) is 3. The van der Waals surface area contributed by atoms with Gasteiger partial charge in [0.2, 0.25) is 0 Å². The molecule has 3 aliphatic heterocycles. The van der Waals surface area contributed by atoms with Gasteiger partial charge in [0.1, 0.15) is 0 Å². The maximum atomic E-state index is 13.1. The number of benzene rings is 1. The zero-order chi connectivity index (χ0) is 22.5. The molecule has 1 aromatic heterocycles. The van der Waals surface area contributed by atoms with Crippen LogP contribution in [0, 0.1) is 0 Å². The average Bonchev–Trinajstić information content (AvgIpc) is 3.35. The Morgan fingerprint density at radius 1 is 1.44 bits per heavy atom. The molecule has 5 rings (SSSR count). The summed E-state index contributed by atoms with van der Waals surface area (Å²) in [6.45, 7) is 0.444. The number of nitrogens with one attached hydrogen (secondary N) is 2. The second-order valence-corrected chi connectivity index (χ2v) is 10.1. The summed E-state index contributed by atoms with van der Waals surface area (Å²) in [5, 5.41) is 6.14. The topological polar surface area (TPSA) is 153 Å². The molecule has 2 aromatic rings. The van der Waals surface area contributed by atoms with Crippen molar-refractivity contribution in [2.24, 2.45) is 0 Å². The van der Waals surface area contributed by atoms with Crippen molar-refractivity contribution in [3.05, 3.63) is 36.2 Å². The number of aromatic nitrogens is 2. The molecule has 3 unspecified atom stereocenters. The molecule has 0 amide bonds. The molecule has 170 valence electrons. The van der Waals surface area contributed by atoms with Crippen LogP contribution in [-0.4, -0.2) is 73.3 Å². The zero-order valence-electron chi connectivity index (χ0n) is 17.5. The van der Waals surface area contributed by atoms with Crippen LogP contribution in [0.3, 0.4) is 0 Å². The van der Waals surface area contributed by atoms with Crippen molar-refractivity contribution >= 4 is 44.4 Å². The number of ether oxygens (including phenoxy) is 2. The van der Waals surface area contributed by atoms with E-state index in [1.807, 2.05) is 6.07 Å². The Morgan fingerprint density at radius 2 is 2.25 bits per heavy atom. The Hall–Kier alpha value is -2.70. The molecule has 0 spiro atoms. The number of para-hydroxylation sites is 1. The molecule has 32 heavy (non-hydrogen) atoms. The number of hydrogen-bond acceptors (Lipinski definition) is 12. The molecule has 12 nitrogen and oxygen atoms in total. The summed E-state index contributed by atoms with van der Waals surface area (Å²) < 4.78 is 23.5. The predicted octanol–water partition coefficient (Wildman–Crippen LogP) is -0.309. The molecule has 4 atom stereocenters. The summed E-state index contributed by atoms with van der Waals surface area (Å²) in [4.78, 5) is 33.7. The predicted molar refractivity (Wildman–Crippen MR) is 121 cm³/mol. The van der Waals surface area contributed by atoms with Gasteiger partial charge in [-0.25, -0.2) is 0 Å². The minimum absolute atomic E-state index is 0.127. The van der Waals surface area contributed by atoms with Crippen molar-refractivity contribution < 1.29 is 28.2 Å². The Morgan fingerprint density at radius 3 is 3.06 bits per heavy atom. The monoisotopic (exact) mass is 462 g/mol. The molecule has 1 aromatic carbocycles. The molecule has 2 saturated heterocycles. The quantitative estimate of drug-likeness (QED) is 0.268. The van der Waals surface area contributed by atoms with Gasteiger partial charge in [0.15, 0.2) is 0 Å². The number of rotatable bonds is 4. The first-order valence-electron chi connectivity index (χ1n) is 10.2. The van der Waals surface area contributed by atoms with Gasteiger partial charge in [0, 0.05) is 0 Å². The van der Waals surface area contributed by atoms with Gasteiger partial charge >= 0.3 is 185 Å². The molecule has 0 saturated carbocycles. The van der Waals surface area contributed by atoms with Crippen LogP contribution in [0.15, 0.2) is 30.6 Å². The van der Waals surface area contributed by atoms with Crippen molar-refractivity contribution in [1.82, 2.24) is 9.97 Å². The van der Waals surface area contributed by atoms with Crippen LogP contribution in [0.25, 0.3) is 0 Å². The molecule has 2 fully saturated rings. The third-order valence-corrected chi connectivity index (χ3v) is 7.09. The Kier molecular flexibility index (Phi) is 5.30. The van der Waals surface area contributed by atoms with E-state index < -0.39 is 38.3 Å². The number of anilines is 4. The fourth-order valence-corrected chi connectivity index (χ4v) is 5.51. The minimum atomic E-state index is -3.38. The number of nitrogens with two attached hydrogens (primary N) is 1. The Labute approximate surface area is 185 Å². The first-order valence-corrected chi connectivity index (χ1v) is 12.4. The zero-order valence-corrected chi connectivity index (χ0v) is 18.5. The number of esters is 1. The van der Waals surface area contributed by atoms with Crippen molar-refractivity contribution in [2.75, 3.05) is 41.6 Å². The van der Waals surface area contributed by atoms with E-state index in [-0.39, 0.29) is 6.61 Å². The van der Waals surface area contributed by atoms with Crippen molar-refractivity contribution in [3.63, 3.8) is 0 Å². The molecule has 0 aliphatic carbocycles. The number of nitrogen functional groups attached to an aromatic ring is 1. The van der Waals surface area contributed by atoms with Crippen molar-refractivity contribution in [3.8, 4) is 0 Å². The molecule has 0 radical (unpaired) electrons. The first kappa shape index (κ1) is 21.2. The van der Waals surface area contributed by atoms with Gasteiger partial charge in [-0.1, -0.05) is 0 Å². The summed E-state index contributed by atoms with van der Waals surface area (Å²) in [6.07, 6.45) is -1.48. The SMILES string of the molecule is B[PH]1(O)OCC2OC(N3CNc4c(N)ncnc43)C(OC(=O)c3ccccc3NC)[C@@H]2O1. The number of carbonyl (C=O) groups is 1. The molecule has 14 heteroatoms. The number of carbonyl (C=O) groups excluding carboxylic acids is 1. The fourth-order valence-electron chi connectivity index (χ4n) is 4.18. The standard InChI is InChI=1S/C18H24BN6O6P/c1-21-10-5-3-2-4-9(10)18(26)30-14-13-11(6-28-32(19,27)31-13)29-17(14)25-8-24-12-15(20)22-7-23-16(12)25/h2-5,7,11,13-14,17,21,24,27,32H,6,8,19H2,1H3,(H2,20,22,23)/t11?,13-,14?,17?/m1/s1. The molecule has 5 N–H and O–H groups in total. The van der Waals surface area contributed by atoms with Crippen molar-refractivity contribution in [2.45, 2.75) is 24.5 Å². The van der Waals surface area contributed by atoms with Gasteiger partial charge in [-0.05, 0) is 0 Å². The van der Waals surface area contributed by atoms with Crippen LogP contribution >= 0.6 is 7.82 Å². The molecular weight excluding hydrogens is 438 g/mol. The van der Waals surface area contributed by atoms with Crippen molar-refractivity contribution in [1.29, 1.82) is 0 Å². The molecular formula is C18H24BN6O6P. The van der Waals surface area contributed by atoms with E-state index in [1.165, 1.54) is 13.9 Å². The second kappa shape index (κ2) is 8.02. The summed E-state index contributed by atoms with van der Waals surface area (Å²) in [5.41, 5.74) is 7.55. The normalized spacial score (nSPS) is 28.9. The van der Waals surface area contributed by atoms with E-state index >= 15 is 0 Å². The van der Waals surface area contributed by atoms with E-state index in [1.54, 1.807) is 30.1 Å². The third kappa shape index (κ3) is 3.61. The van der Waals surface area contributed by atoms with Gasteiger partial charge in [-0.3, -0.25) is 0 Å². The van der Waals surface area contributed by atoms with E-state index in [9.17, 15) is 9.69 Å². The molecule has 0 bridgehead atoms. The van der Waals surface area contributed by atoms with Gasteiger partial charge in [-0.15, -0.1) is 0 Å². The second-order valence-electron chi connectivity index (χ2n) is 7.78.